The molecule has 1 aromatic carbocycles. The number of methoxy groups -OCH3 is 2. The molecule has 0 saturated heterocycles. The average molecular weight is 265 g/mol. The Bertz CT molecular complexity index is 410. The Hall–Kier alpha value is -1.22. The molecule has 0 saturated carbocycles. The first-order chi connectivity index (χ1) is 8.79. The first-order valence-electron chi connectivity index (χ1n) is 6.77. The maximum absolute atomic E-state index is 5.46. The molecule has 3 nitrogen and oxygen atoms in total. The molecule has 108 valence electrons. The topological polar surface area (TPSA) is 30.5 Å². The molecule has 0 aliphatic carbocycles. The van der Waals surface area contributed by atoms with E-state index in [1.54, 1.807) is 14.2 Å². The van der Waals surface area contributed by atoms with Crippen LogP contribution in [0.15, 0.2) is 18.2 Å². The SMILES string of the molecule is COc1ccc(C(C)NC(C)C(C)(C)C)c(OC)c1. The molecule has 0 aliphatic heterocycles. The summed E-state index contributed by atoms with van der Waals surface area (Å²) in [5, 5.41) is 3.63. The van der Waals surface area contributed by atoms with Gasteiger partial charge in [-0.15, -0.1) is 0 Å². The van der Waals surface area contributed by atoms with Crippen LogP contribution in [0.4, 0.5) is 0 Å². The van der Waals surface area contributed by atoms with Crippen LogP contribution in [-0.4, -0.2) is 20.3 Å². The Morgan fingerprint density at radius 2 is 1.68 bits per heavy atom. The molecule has 0 radical (unpaired) electrons. The van der Waals surface area contributed by atoms with Gasteiger partial charge in [-0.05, 0) is 25.3 Å². The minimum absolute atomic E-state index is 0.230. The molecule has 0 fully saturated rings. The van der Waals surface area contributed by atoms with Crippen LogP contribution in [0.2, 0.25) is 0 Å². The maximum Gasteiger partial charge on any atom is 0.127 e. The summed E-state index contributed by atoms with van der Waals surface area (Å²) >= 11 is 0. The van der Waals surface area contributed by atoms with Crippen molar-refractivity contribution in [1.82, 2.24) is 5.32 Å². The summed E-state index contributed by atoms with van der Waals surface area (Å²) in [7, 11) is 3.36. The Morgan fingerprint density at radius 1 is 1.05 bits per heavy atom. The van der Waals surface area contributed by atoms with Gasteiger partial charge >= 0.3 is 0 Å². The van der Waals surface area contributed by atoms with Crippen molar-refractivity contribution in [2.75, 3.05) is 14.2 Å². The van der Waals surface area contributed by atoms with Gasteiger partial charge in [0.15, 0.2) is 0 Å². The summed E-state index contributed by atoms with van der Waals surface area (Å²) in [5.74, 6) is 1.68. The van der Waals surface area contributed by atoms with Crippen LogP contribution in [0.3, 0.4) is 0 Å². The predicted octanol–water partition coefficient (Wildman–Crippen LogP) is 3.79. The first-order valence-corrected chi connectivity index (χ1v) is 6.77. The average Bonchev–Trinajstić information content (AvgIpc) is 2.36. The summed E-state index contributed by atoms with van der Waals surface area (Å²) in [4.78, 5) is 0. The molecule has 1 rings (SSSR count). The van der Waals surface area contributed by atoms with Crippen molar-refractivity contribution < 1.29 is 9.47 Å². The highest BCUT2D eigenvalue weighted by Crippen LogP contribution is 2.30. The molecule has 0 amide bonds. The molecule has 0 aromatic heterocycles. The summed E-state index contributed by atoms with van der Waals surface area (Å²) in [5.41, 5.74) is 1.38. The third-order valence-electron chi connectivity index (χ3n) is 3.71. The second kappa shape index (κ2) is 6.29. The zero-order valence-corrected chi connectivity index (χ0v) is 13.2. The fourth-order valence-corrected chi connectivity index (χ4v) is 1.89. The van der Waals surface area contributed by atoms with Crippen molar-refractivity contribution in [3.63, 3.8) is 0 Å². The number of rotatable bonds is 5. The summed E-state index contributed by atoms with van der Waals surface area (Å²) in [6.07, 6.45) is 0. The van der Waals surface area contributed by atoms with Crippen LogP contribution >= 0.6 is 0 Å². The molecule has 0 aliphatic rings. The standard InChI is InChI=1S/C16H27NO2/c1-11(17-12(2)16(3,4)5)14-9-8-13(18-6)10-15(14)19-7/h8-12,17H,1-7H3. The van der Waals surface area contributed by atoms with Gasteiger partial charge in [-0.2, -0.15) is 0 Å². The number of benzene rings is 1. The minimum atomic E-state index is 0.230. The monoisotopic (exact) mass is 265 g/mol. The lowest BCUT2D eigenvalue weighted by atomic mass is 9.87. The zero-order chi connectivity index (χ0) is 14.6. The largest absolute Gasteiger partial charge is 0.497 e. The number of ether oxygens (including phenoxy) is 2. The lowest BCUT2D eigenvalue weighted by Crippen LogP contribution is -2.39. The third-order valence-corrected chi connectivity index (χ3v) is 3.71. The van der Waals surface area contributed by atoms with Crippen LogP contribution in [0.5, 0.6) is 11.5 Å². The van der Waals surface area contributed by atoms with Crippen molar-refractivity contribution in [3.8, 4) is 11.5 Å². The summed E-state index contributed by atoms with van der Waals surface area (Å²) < 4.78 is 10.7. The summed E-state index contributed by atoms with van der Waals surface area (Å²) in [6.45, 7) is 11.1. The second-order valence-electron chi connectivity index (χ2n) is 6.08. The molecule has 19 heavy (non-hydrogen) atoms. The van der Waals surface area contributed by atoms with E-state index in [0.29, 0.717) is 6.04 Å². The van der Waals surface area contributed by atoms with Gasteiger partial charge in [0.1, 0.15) is 11.5 Å². The van der Waals surface area contributed by atoms with E-state index in [1.165, 1.54) is 0 Å². The Balaban J connectivity index is 2.90. The highest BCUT2D eigenvalue weighted by atomic mass is 16.5. The fraction of sp³-hybridized carbons (Fsp3) is 0.625. The Kier molecular flexibility index (Phi) is 5.24. The number of hydrogen-bond donors (Lipinski definition) is 1. The maximum atomic E-state index is 5.46. The van der Waals surface area contributed by atoms with E-state index in [-0.39, 0.29) is 11.5 Å². The number of nitrogens with one attached hydrogen (secondary N) is 1. The van der Waals surface area contributed by atoms with Crippen molar-refractivity contribution in [3.05, 3.63) is 23.8 Å². The molecular formula is C16H27NO2. The number of hydrogen-bond acceptors (Lipinski definition) is 3. The van der Waals surface area contributed by atoms with E-state index in [2.05, 4.69) is 46.0 Å². The quantitative estimate of drug-likeness (QED) is 0.878. The molecule has 0 spiro atoms. The minimum Gasteiger partial charge on any atom is -0.497 e. The van der Waals surface area contributed by atoms with Crippen molar-refractivity contribution in [1.29, 1.82) is 0 Å². The Morgan fingerprint density at radius 3 is 2.16 bits per heavy atom. The smallest absolute Gasteiger partial charge is 0.127 e. The highest BCUT2D eigenvalue weighted by Gasteiger charge is 2.23. The van der Waals surface area contributed by atoms with Gasteiger partial charge in [-0.1, -0.05) is 26.8 Å². The highest BCUT2D eigenvalue weighted by molar-refractivity contribution is 5.42. The van der Waals surface area contributed by atoms with Crippen LogP contribution in [0.25, 0.3) is 0 Å². The molecule has 1 N–H and O–H groups in total. The van der Waals surface area contributed by atoms with E-state index in [1.807, 2.05) is 12.1 Å². The van der Waals surface area contributed by atoms with E-state index in [9.17, 15) is 0 Å². The lowest BCUT2D eigenvalue weighted by Gasteiger charge is -2.31. The van der Waals surface area contributed by atoms with Gasteiger partial charge in [0.25, 0.3) is 0 Å². The molecule has 2 atom stereocenters. The van der Waals surface area contributed by atoms with Crippen molar-refractivity contribution >= 4 is 0 Å². The normalized spacial score (nSPS) is 14.9. The van der Waals surface area contributed by atoms with Gasteiger partial charge in [0, 0.05) is 23.7 Å². The van der Waals surface area contributed by atoms with E-state index in [4.69, 9.17) is 9.47 Å². The fourth-order valence-electron chi connectivity index (χ4n) is 1.89. The predicted molar refractivity (Wildman–Crippen MR) is 80.0 cm³/mol. The third kappa shape index (κ3) is 4.13. The molecule has 0 bridgehead atoms. The molecular weight excluding hydrogens is 238 g/mol. The van der Waals surface area contributed by atoms with Crippen molar-refractivity contribution in [2.24, 2.45) is 5.41 Å². The van der Waals surface area contributed by atoms with Crippen LogP contribution in [0, 0.1) is 5.41 Å². The zero-order valence-electron chi connectivity index (χ0n) is 13.2. The van der Waals surface area contributed by atoms with Crippen LogP contribution < -0.4 is 14.8 Å². The van der Waals surface area contributed by atoms with E-state index < -0.39 is 0 Å². The van der Waals surface area contributed by atoms with Gasteiger partial charge in [-0.3, -0.25) is 0 Å². The molecule has 3 heteroatoms. The molecule has 2 unspecified atom stereocenters. The molecule has 0 heterocycles. The van der Waals surface area contributed by atoms with Gasteiger partial charge in [0.05, 0.1) is 14.2 Å². The summed E-state index contributed by atoms with van der Waals surface area (Å²) in [6, 6.07) is 6.60. The van der Waals surface area contributed by atoms with Crippen molar-refractivity contribution in [2.45, 2.75) is 46.7 Å². The van der Waals surface area contributed by atoms with Gasteiger partial charge < -0.3 is 14.8 Å². The van der Waals surface area contributed by atoms with Crippen LogP contribution in [0.1, 0.15) is 46.2 Å². The first kappa shape index (κ1) is 15.8. The lowest BCUT2D eigenvalue weighted by molar-refractivity contribution is 0.266. The second-order valence-corrected chi connectivity index (χ2v) is 6.08. The Labute approximate surface area is 117 Å². The van der Waals surface area contributed by atoms with Crippen LogP contribution in [-0.2, 0) is 0 Å². The van der Waals surface area contributed by atoms with Gasteiger partial charge in [0.2, 0.25) is 0 Å². The van der Waals surface area contributed by atoms with Gasteiger partial charge in [-0.25, -0.2) is 0 Å². The van der Waals surface area contributed by atoms with E-state index >= 15 is 0 Å². The molecule has 1 aromatic rings. The van der Waals surface area contributed by atoms with E-state index in [0.717, 1.165) is 17.1 Å².